The fourth-order valence-electron chi connectivity index (χ4n) is 3.97. The molecule has 14 nitrogen and oxygen atoms in total. The Balaban J connectivity index is 1.44. The van der Waals surface area contributed by atoms with Crippen molar-refractivity contribution in [1.29, 1.82) is 0 Å². The highest BCUT2D eigenvalue weighted by atomic mass is 16.7. The summed E-state index contributed by atoms with van der Waals surface area (Å²) >= 11 is 0. The van der Waals surface area contributed by atoms with Crippen molar-refractivity contribution in [3.63, 3.8) is 0 Å². The Morgan fingerprint density at radius 3 is 2.32 bits per heavy atom. The van der Waals surface area contributed by atoms with Crippen molar-refractivity contribution in [2.75, 3.05) is 18.6 Å². The van der Waals surface area contributed by atoms with E-state index in [2.05, 4.69) is 21.0 Å². The van der Waals surface area contributed by atoms with Crippen LogP contribution in [0, 0.1) is 0 Å². The minimum Gasteiger partial charge on any atom is -0.394 e. The van der Waals surface area contributed by atoms with E-state index in [0.29, 0.717) is 5.82 Å². The number of hydrogen-bond donors (Lipinski definition) is 9. The van der Waals surface area contributed by atoms with Gasteiger partial charge in [0.1, 0.15) is 48.8 Å². The summed E-state index contributed by atoms with van der Waals surface area (Å²) in [6, 6.07) is 7.30. The quantitative estimate of drug-likeness (QED) is 0.172. The minimum atomic E-state index is -1.73. The predicted octanol–water partition coefficient (Wildman–Crippen LogP) is -3.83. The summed E-state index contributed by atoms with van der Waals surface area (Å²) in [5.74, 6) is 0.337. The van der Waals surface area contributed by atoms with Crippen molar-refractivity contribution in [3.05, 3.63) is 30.5 Å². The zero-order valence-electron chi connectivity index (χ0n) is 17.8. The lowest BCUT2D eigenvalue weighted by atomic mass is 9.96. The highest BCUT2D eigenvalue weighted by Crippen LogP contribution is 2.29. The third-order valence-electron chi connectivity index (χ3n) is 5.91. The number of benzene rings is 1. The third-order valence-corrected chi connectivity index (χ3v) is 5.91. The molecule has 0 bridgehead atoms. The summed E-state index contributed by atoms with van der Waals surface area (Å²) in [5.41, 5.74) is 5.48. The second kappa shape index (κ2) is 10.7. The van der Waals surface area contributed by atoms with E-state index >= 15 is 0 Å². The van der Waals surface area contributed by atoms with E-state index in [1.165, 1.54) is 0 Å². The van der Waals surface area contributed by atoms with E-state index in [4.69, 9.17) is 14.2 Å². The first kappa shape index (κ1) is 25.0. The van der Waals surface area contributed by atoms with E-state index < -0.39 is 74.6 Å². The first-order valence-electron chi connectivity index (χ1n) is 10.7. The smallest absolute Gasteiger partial charge is 0.187 e. The van der Waals surface area contributed by atoms with Crippen molar-refractivity contribution in [2.45, 2.75) is 61.3 Å². The maximum atomic E-state index is 10.7. The van der Waals surface area contributed by atoms with Gasteiger partial charge in [-0.2, -0.15) is 5.10 Å². The van der Waals surface area contributed by atoms with Gasteiger partial charge in [-0.3, -0.25) is 0 Å². The summed E-state index contributed by atoms with van der Waals surface area (Å²) < 4.78 is 16.4. The molecule has 10 atom stereocenters. The van der Waals surface area contributed by atoms with Crippen LogP contribution in [0.2, 0.25) is 0 Å². The van der Waals surface area contributed by atoms with Gasteiger partial charge in [-0.25, -0.2) is 5.43 Å². The van der Waals surface area contributed by atoms with Crippen molar-refractivity contribution >= 4 is 16.6 Å². The highest BCUT2D eigenvalue weighted by molar-refractivity contribution is 5.90. The molecule has 3 heterocycles. The second-order valence-corrected chi connectivity index (χ2v) is 8.11. The van der Waals surface area contributed by atoms with E-state index in [9.17, 15) is 35.7 Å². The molecule has 0 saturated carbocycles. The van der Waals surface area contributed by atoms with Gasteiger partial charge < -0.3 is 55.4 Å². The number of aromatic nitrogens is 2. The fraction of sp³-hybridized carbons (Fsp3) is 0.600. The van der Waals surface area contributed by atoms with Crippen molar-refractivity contribution < 1.29 is 50.0 Å². The van der Waals surface area contributed by atoms with E-state index in [0.717, 1.165) is 10.8 Å². The molecule has 2 aliphatic heterocycles. The Morgan fingerprint density at radius 1 is 0.853 bits per heavy atom. The van der Waals surface area contributed by atoms with Gasteiger partial charge in [-0.15, -0.1) is 5.10 Å². The monoisotopic (exact) mass is 484 g/mol. The number of aliphatic hydroxyl groups excluding tert-OH is 7. The molecule has 2 aromatic rings. The number of nitrogens with zero attached hydrogens (tertiary/aromatic N) is 2. The maximum absolute atomic E-state index is 10.7. The molecule has 0 unspecified atom stereocenters. The molecule has 0 amide bonds. The largest absolute Gasteiger partial charge is 0.394 e. The van der Waals surface area contributed by atoms with Crippen LogP contribution in [-0.4, -0.2) is 121 Å². The Morgan fingerprint density at radius 2 is 1.59 bits per heavy atom. The molecule has 1 aromatic carbocycles. The van der Waals surface area contributed by atoms with E-state index in [-0.39, 0.29) is 0 Å². The second-order valence-electron chi connectivity index (χ2n) is 8.11. The van der Waals surface area contributed by atoms with Gasteiger partial charge in [0, 0.05) is 10.8 Å². The van der Waals surface area contributed by atoms with Gasteiger partial charge >= 0.3 is 0 Å². The van der Waals surface area contributed by atoms with Crippen LogP contribution in [0.25, 0.3) is 10.8 Å². The number of ether oxygens (including phenoxy) is 3. The number of aliphatic hydroxyl groups is 7. The molecule has 1 aromatic heterocycles. The van der Waals surface area contributed by atoms with E-state index in [1.54, 1.807) is 6.20 Å². The molecule has 9 N–H and O–H groups in total. The number of nitrogens with one attached hydrogen (secondary N) is 2. The number of hydrazine groups is 1. The molecule has 0 radical (unpaired) electrons. The van der Waals surface area contributed by atoms with Gasteiger partial charge in [0.15, 0.2) is 18.3 Å². The van der Waals surface area contributed by atoms with Crippen LogP contribution in [0.5, 0.6) is 0 Å². The zero-order valence-corrected chi connectivity index (χ0v) is 17.8. The van der Waals surface area contributed by atoms with Crippen molar-refractivity contribution in [1.82, 2.24) is 15.6 Å². The summed E-state index contributed by atoms with van der Waals surface area (Å²) in [4.78, 5) is 0. The Bertz CT molecular complexity index is 947. The standard InChI is InChI=1S/C20H28N4O10/c25-6-10-12(27)13(28)16(31)20(33-10)34-17-11(7-26)32-19(15(30)14(17)29)24-23-18-9-4-2-1-3-8(9)5-21-22-18/h1-5,10-17,19-20,24-31H,6-7H2,(H,22,23)/t10-,11-,12+,13+,14-,15-,16-,17-,19-,20+/m1/s1. The molecule has 2 fully saturated rings. The van der Waals surface area contributed by atoms with Crippen LogP contribution in [0.15, 0.2) is 30.5 Å². The van der Waals surface area contributed by atoms with Crippen LogP contribution in [0.4, 0.5) is 5.82 Å². The third kappa shape index (κ3) is 4.84. The van der Waals surface area contributed by atoms with Crippen LogP contribution < -0.4 is 10.9 Å². The average molecular weight is 484 g/mol. The molecule has 2 saturated heterocycles. The molecular formula is C20H28N4O10. The lowest BCUT2D eigenvalue weighted by Gasteiger charge is -2.46. The van der Waals surface area contributed by atoms with Gasteiger partial charge in [-0.1, -0.05) is 24.3 Å². The lowest BCUT2D eigenvalue weighted by molar-refractivity contribution is -0.343. The molecule has 0 spiro atoms. The zero-order chi connectivity index (χ0) is 24.4. The molecular weight excluding hydrogens is 456 g/mol. The number of fused-ring (bicyclic) bond motifs is 1. The fourth-order valence-corrected chi connectivity index (χ4v) is 3.97. The van der Waals surface area contributed by atoms with E-state index in [1.807, 2.05) is 24.3 Å². The average Bonchev–Trinajstić information content (AvgIpc) is 2.86. The molecule has 188 valence electrons. The number of anilines is 1. The minimum absolute atomic E-state index is 0.337. The van der Waals surface area contributed by atoms with Gasteiger partial charge in [0.05, 0.1) is 19.4 Å². The topological polar surface area (TPSA) is 219 Å². The molecule has 4 rings (SSSR count). The molecule has 34 heavy (non-hydrogen) atoms. The summed E-state index contributed by atoms with van der Waals surface area (Å²) in [6.45, 7) is -1.31. The highest BCUT2D eigenvalue weighted by Gasteiger charge is 2.50. The van der Waals surface area contributed by atoms with Gasteiger partial charge in [-0.05, 0) is 0 Å². The first-order valence-corrected chi connectivity index (χ1v) is 10.7. The number of rotatable bonds is 7. The number of hydrogen-bond acceptors (Lipinski definition) is 14. The Hall–Kier alpha value is -2.08. The molecule has 14 heteroatoms. The van der Waals surface area contributed by atoms with Gasteiger partial charge in [0.25, 0.3) is 0 Å². The van der Waals surface area contributed by atoms with Crippen molar-refractivity contribution in [2.24, 2.45) is 0 Å². The lowest BCUT2D eigenvalue weighted by Crippen LogP contribution is -2.66. The first-order chi connectivity index (χ1) is 16.3. The summed E-state index contributed by atoms with van der Waals surface area (Å²) in [7, 11) is 0. The maximum Gasteiger partial charge on any atom is 0.187 e. The molecule has 2 aliphatic rings. The summed E-state index contributed by atoms with van der Waals surface area (Å²) in [5, 5.41) is 79.9. The normalized spacial score (nSPS) is 38.7. The Kier molecular flexibility index (Phi) is 7.86. The van der Waals surface area contributed by atoms with Crippen LogP contribution in [0.1, 0.15) is 0 Å². The Labute approximate surface area is 193 Å². The molecule has 0 aliphatic carbocycles. The predicted molar refractivity (Wildman–Crippen MR) is 113 cm³/mol. The van der Waals surface area contributed by atoms with Crippen molar-refractivity contribution in [3.8, 4) is 0 Å². The van der Waals surface area contributed by atoms with Crippen LogP contribution >= 0.6 is 0 Å². The van der Waals surface area contributed by atoms with Crippen LogP contribution in [0.3, 0.4) is 0 Å². The van der Waals surface area contributed by atoms with Crippen LogP contribution in [-0.2, 0) is 14.2 Å². The SMILES string of the molecule is OC[C@H]1O[C@@H](O[C@H]2[C@H](O)[C@@H](O)[C@H](NNc3nncc4ccccc34)O[C@@H]2CO)[C@H](O)[C@@H](O)[C@H]1O. The van der Waals surface area contributed by atoms with Gasteiger partial charge in [0.2, 0.25) is 0 Å². The summed E-state index contributed by atoms with van der Waals surface area (Å²) in [6.07, 6.45) is -13.3.